The first kappa shape index (κ1) is 16.3. The van der Waals surface area contributed by atoms with E-state index in [1.807, 2.05) is 24.3 Å². The Hall–Kier alpha value is -1.10. The fourth-order valence-electron chi connectivity index (χ4n) is 2.96. The molecule has 2 unspecified atom stereocenters. The first-order chi connectivity index (χ1) is 10.1. The molecule has 1 aromatic rings. The van der Waals surface area contributed by atoms with Gasteiger partial charge in [-0.2, -0.15) is 0 Å². The van der Waals surface area contributed by atoms with Crippen LogP contribution in [0.3, 0.4) is 0 Å². The lowest BCUT2D eigenvalue weighted by Gasteiger charge is -2.36. The zero-order valence-corrected chi connectivity index (χ0v) is 13.2. The van der Waals surface area contributed by atoms with Crippen molar-refractivity contribution in [1.82, 2.24) is 4.90 Å². The Kier molecular flexibility index (Phi) is 6.03. The molecule has 21 heavy (non-hydrogen) atoms. The number of carbonyl (C=O) groups is 1. The van der Waals surface area contributed by atoms with E-state index in [0.717, 1.165) is 37.5 Å². The molecule has 0 saturated carbocycles. The Labute approximate surface area is 131 Å². The van der Waals surface area contributed by atoms with E-state index < -0.39 is 0 Å². The third kappa shape index (κ3) is 5.30. The van der Waals surface area contributed by atoms with Gasteiger partial charge in [-0.1, -0.05) is 23.7 Å². The maximum Gasteiger partial charge on any atom is 0.305 e. The number of esters is 1. The molecule has 0 aromatic heterocycles. The number of likely N-dealkylation sites (tertiary alicyclic amines) is 1. The molecule has 0 radical (unpaired) electrons. The highest BCUT2D eigenvalue weighted by Gasteiger charge is 2.25. The van der Waals surface area contributed by atoms with Crippen molar-refractivity contribution in [2.24, 2.45) is 11.7 Å². The summed E-state index contributed by atoms with van der Waals surface area (Å²) in [5.41, 5.74) is 7.39. The molecular weight excluding hydrogens is 288 g/mol. The van der Waals surface area contributed by atoms with Crippen LogP contribution >= 0.6 is 11.6 Å². The number of nitrogens with two attached hydrogens (primary N) is 1. The molecule has 1 aliphatic rings. The van der Waals surface area contributed by atoms with Crippen LogP contribution in [0.2, 0.25) is 5.02 Å². The van der Waals surface area contributed by atoms with Gasteiger partial charge in [0.1, 0.15) is 0 Å². The van der Waals surface area contributed by atoms with Crippen molar-refractivity contribution in [2.75, 3.05) is 20.2 Å². The van der Waals surface area contributed by atoms with Crippen LogP contribution in [0.15, 0.2) is 24.3 Å². The molecule has 5 heteroatoms. The Bertz CT molecular complexity index is 464. The fraction of sp³-hybridized carbons (Fsp3) is 0.562. The van der Waals surface area contributed by atoms with Crippen LogP contribution in [0, 0.1) is 5.92 Å². The van der Waals surface area contributed by atoms with E-state index in [1.165, 1.54) is 12.7 Å². The van der Waals surface area contributed by atoms with Gasteiger partial charge in [0.05, 0.1) is 7.11 Å². The molecule has 1 fully saturated rings. The molecule has 2 rings (SSSR count). The predicted octanol–water partition coefficient (Wildman–Crippen LogP) is 2.44. The van der Waals surface area contributed by atoms with Gasteiger partial charge in [0.2, 0.25) is 0 Å². The second-order valence-corrected chi connectivity index (χ2v) is 6.23. The topological polar surface area (TPSA) is 55.6 Å². The molecule has 1 aliphatic heterocycles. The molecule has 1 saturated heterocycles. The molecule has 0 aliphatic carbocycles. The number of ether oxygens (including phenoxy) is 1. The molecule has 2 atom stereocenters. The van der Waals surface area contributed by atoms with Crippen molar-refractivity contribution < 1.29 is 9.53 Å². The van der Waals surface area contributed by atoms with E-state index in [9.17, 15) is 4.79 Å². The maximum absolute atomic E-state index is 11.3. The lowest BCUT2D eigenvalue weighted by Crippen LogP contribution is -2.46. The summed E-state index contributed by atoms with van der Waals surface area (Å²) in [6, 6.07) is 8.09. The number of hydrogen-bond donors (Lipinski definition) is 1. The molecule has 116 valence electrons. The molecule has 1 heterocycles. The highest BCUT2D eigenvalue weighted by atomic mass is 35.5. The van der Waals surface area contributed by atoms with Crippen LogP contribution in [0.1, 0.15) is 24.8 Å². The quantitative estimate of drug-likeness (QED) is 0.849. The van der Waals surface area contributed by atoms with E-state index in [4.69, 9.17) is 22.1 Å². The van der Waals surface area contributed by atoms with E-state index in [-0.39, 0.29) is 12.0 Å². The van der Waals surface area contributed by atoms with Crippen molar-refractivity contribution in [3.8, 4) is 0 Å². The number of nitrogens with zero attached hydrogens (tertiary/aromatic N) is 1. The number of halogens is 1. The summed E-state index contributed by atoms with van der Waals surface area (Å²) in [5.74, 6) is 0.318. The number of benzene rings is 1. The number of carbonyl (C=O) groups excluding carboxylic acids is 1. The average Bonchev–Trinajstić information content (AvgIpc) is 2.46. The van der Waals surface area contributed by atoms with Crippen LogP contribution < -0.4 is 5.73 Å². The van der Waals surface area contributed by atoms with Gasteiger partial charge in [-0.15, -0.1) is 0 Å². The van der Waals surface area contributed by atoms with Gasteiger partial charge in [-0.3, -0.25) is 9.69 Å². The minimum Gasteiger partial charge on any atom is -0.469 e. The lowest BCUT2D eigenvalue weighted by molar-refractivity contribution is -0.141. The second kappa shape index (κ2) is 7.78. The summed E-state index contributed by atoms with van der Waals surface area (Å²) in [4.78, 5) is 13.6. The van der Waals surface area contributed by atoms with Gasteiger partial charge in [-0.25, -0.2) is 0 Å². The predicted molar refractivity (Wildman–Crippen MR) is 84.1 cm³/mol. The van der Waals surface area contributed by atoms with E-state index >= 15 is 0 Å². The minimum atomic E-state index is -0.140. The zero-order valence-electron chi connectivity index (χ0n) is 12.4. The Morgan fingerprint density at radius 2 is 2.10 bits per heavy atom. The molecule has 0 amide bonds. The van der Waals surface area contributed by atoms with Gasteiger partial charge in [0.15, 0.2) is 0 Å². The van der Waals surface area contributed by atoms with Crippen LogP contribution in [0.5, 0.6) is 0 Å². The fourth-order valence-corrected chi connectivity index (χ4v) is 3.08. The summed E-state index contributed by atoms with van der Waals surface area (Å²) in [6.07, 6.45) is 2.30. The number of methoxy groups -OCH3 is 1. The van der Waals surface area contributed by atoms with Crippen LogP contribution in [0.4, 0.5) is 0 Å². The van der Waals surface area contributed by atoms with Gasteiger partial charge in [0.25, 0.3) is 0 Å². The van der Waals surface area contributed by atoms with Crippen LogP contribution in [-0.2, 0) is 16.1 Å². The largest absolute Gasteiger partial charge is 0.469 e. The smallest absolute Gasteiger partial charge is 0.305 e. The summed E-state index contributed by atoms with van der Waals surface area (Å²) >= 11 is 5.91. The van der Waals surface area contributed by atoms with Crippen molar-refractivity contribution in [2.45, 2.75) is 31.8 Å². The Morgan fingerprint density at radius 3 is 2.76 bits per heavy atom. The summed E-state index contributed by atoms with van der Waals surface area (Å²) < 4.78 is 4.71. The monoisotopic (exact) mass is 310 g/mol. The molecule has 0 bridgehead atoms. The van der Waals surface area contributed by atoms with Crippen molar-refractivity contribution in [1.29, 1.82) is 0 Å². The number of rotatable bonds is 5. The third-order valence-electron chi connectivity index (χ3n) is 3.95. The Balaban J connectivity index is 1.88. The van der Waals surface area contributed by atoms with E-state index in [1.54, 1.807) is 0 Å². The van der Waals surface area contributed by atoms with Crippen molar-refractivity contribution in [3.05, 3.63) is 34.9 Å². The van der Waals surface area contributed by atoms with Gasteiger partial charge >= 0.3 is 5.97 Å². The van der Waals surface area contributed by atoms with Crippen LogP contribution in [0.25, 0.3) is 0 Å². The molecule has 4 nitrogen and oxygen atoms in total. The van der Waals surface area contributed by atoms with Crippen molar-refractivity contribution in [3.63, 3.8) is 0 Å². The van der Waals surface area contributed by atoms with Gasteiger partial charge in [0, 0.05) is 37.1 Å². The molecular formula is C16H23ClN2O2. The summed E-state index contributed by atoms with van der Waals surface area (Å²) in [7, 11) is 1.43. The van der Waals surface area contributed by atoms with Crippen LogP contribution in [-0.4, -0.2) is 37.1 Å². The lowest BCUT2D eigenvalue weighted by atomic mass is 9.90. The Morgan fingerprint density at radius 1 is 1.38 bits per heavy atom. The highest BCUT2D eigenvalue weighted by Crippen LogP contribution is 2.22. The molecule has 2 N–H and O–H groups in total. The standard InChI is InChI=1S/C16H23ClN2O2/c1-21-16(20)7-4-13-8-15(18)11-19(10-13)9-12-2-5-14(17)6-3-12/h2-3,5-6,13,15H,4,7-11,18H2,1H3. The normalized spacial score (nSPS) is 23.0. The van der Waals surface area contributed by atoms with Crippen molar-refractivity contribution >= 4 is 17.6 Å². The number of piperidine rings is 1. The van der Waals surface area contributed by atoms with E-state index in [2.05, 4.69) is 4.90 Å². The van der Waals surface area contributed by atoms with Gasteiger partial charge in [-0.05, 0) is 36.5 Å². The second-order valence-electron chi connectivity index (χ2n) is 5.80. The average molecular weight is 311 g/mol. The highest BCUT2D eigenvalue weighted by molar-refractivity contribution is 6.30. The minimum absolute atomic E-state index is 0.140. The third-order valence-corrected chi connectivity index (χ3v) is 4.20. The molecule has 1 aromatic carbocycles. The first-order valence-corrected chi connectivity index (χ1v) is 7.74. The summed E-state index contributed by atoms with van der Waals surface area (Å²) in [6.45, 7) is 2.75. The summed E-state index contributed by atoms with van der Waals surface area (Å²) in [5, 5.41) is 0.755. The van der Waals surface area contributed by atoms with E-state index in [0.29, 0.717) is 12.3 Å². The van der Waals surface area contributed by atoms with Gasteiger partial charge < -0.3 is 10.5 Å². The maximum atomic E-state index is 11.3. The zero-order chi connectivity index (χ0) is 15.2. The molecule has 0 spiro atoms. The first-order valence-electron chi connectivity index (χ1n) is 7.36. The SMILES string of the molecule is COC(=O)CCC1CC(N)CN(Cc2ccc(Cl)cc2)C1. The number of hydrogen-bond acceptors (Lipinski definition) is 4.